The van der Waals surface area contributed by atoms with E-state index in [1.54, 1.807) is 18.3 Å². The smallest absolute Gasteiger partial charge is 0.148 e. The van der Waals surface area contributed by atoms with Gasteiger partial charge in [-0.2, -0.15) is 0 Å². The summed E-state index contributed by atoms with van der Waals surface area (Å²) >= 11 is 6.07. The molecule has 6 heteroatoms. The number of nitrogens with zero attached hydrogens (tertiary/aromatic N) is 3. The lowest BCUT2D eigenvalue weighted by Gasteiger charge is -2.35. The topological polar surface area (TPSA) is 41.0 Å². The zero-order chi connectivity index (χ0) is 14.7. The molecule has 2 aromatic rings. The molecule has 1 unspecified atom stereocenters. The number of hydrogen-bond donors (Lipinski definition) is 1. The van der Waals surface area contributed by atoms with Crippen molar-refractivity contribution in [3.63, 3.8) is 0 Å². The summed E-state index contributed by atoms with van der Waals surface area (Å²) in [6.45, 7) is 1.73. The maximum Gasteiger partial charge on any atom is 0.148 e. The molecular weight excluding hydrogens is 291 g/mol. The zero-order valence-electron chi connectivity index (χ0n) is 11.5. The summed E-state index contributed by atoms with van der Waals surface area (Å²) < 4.78 is 13.3. The Hall–Kier alpha value is -1.88. The molecule has 3 rings (SSSR count). The Kier molecular flexibility index (Phi) is 4.20. The molecule has 110 valence electrons. The predicted molar refractivity (Wildman–Crippen MR) is 82.3 cm³/mol. The second kappa shape index (κ2) is 6.26. The molecule has 1 aliphatic rings. The molecule has 1 aromatic carbocycles. The van der Waals surface area contributed by atoms with Crippen LogP contribution in [0.3, 0.4) is 0 Å². The molecule has 1 aliphatic heterocycles. The van der Waals surface area contributed by atoms with E-state index in [-0.39, 0.29) is 11.9 Å². The van der Waals surface area contributed by atoms with Gasteiger partial charge in [0, 0.05) is 24.8 Å². The van der Waals surface area contributed by atoms with E-state index in [4.69, 9.17) is 11.6 Å². The minimum Gasteiger partial charge on any atom is -0.369 e. The third-order valence-corrected chi connectivity index (χ3v) is 3.88. The van der Waals surface area contributed by atoms with Crippen LogP contribution in [0.15, 0.2) is 36.8 Å². The van der Waals surface area contributed by atoms with Gasteiger partial charge in [-0.05, 0) is 31.0 Å². The van der Waals surface area contributed by atoms with Gasteiger partial charge < -0.3 is 10.2 Å². The minimum absolute atomic E-state index is 0.207. The van der Waals surface area contributed by atoms with Gasteiger partial charge in [0.15, 0.2) is 0 Å². The maximum absolute atomic E-state index is 13.3. The molecule has 0 aliphatic carbocycles. The van der Waals surface area contributed by atoms with Crippen LogP contribution in [0.4, 0.5) is 15.9 Å². The van der Waals surface area contributed by atoms with Crippen molar-refractivity contribution in [2.24, 2.45) is 0 Å². The van der Waals surface area contributed by atoms with Gasteiger partial charge >= 0.3 is 0 Å². The highest BCUT2D eigenvalue weighted by atomic mass is 35.5. The number of anilines is 2. The zero-order valence-corrected chi connectivity index (χ0v) is 12.2. The molecule has 0 amide bonds. The molecule has 2 heterocycles. The van der Waals surface area contributed by atoms with Crippen molar-refractivity contribution >= 4 is 23.1 Å². The first-order valence-electron chi connectivity index (χ1n) is 6.95. The Balaban J connectivity index is 1.70. The van der Waals surface area contributed by atoms with Crippen LogP contribution in [-0.2, 0) is 0 Å². The second-order valence-electron chi connectivity index (χ2n) is 5.13. The van der Waals surface area contributed by atoms with Crippen LogP contribution in [0.5, 0.6) is 0 Å². The fourth-order valence-corrected chi connectivity index (χ4v) is 2.77. The third-order valence-electron chi connectivity index (χ3n) is 3.60. The average Bonchev–Trinajstić information content (AvgIpc) is 2.50. The Labute approximate surface area is 128 Å². The van der Waals surface area contributed by atoms with E-state index in [1.165, 1.54) is 12.4 Å². The van der Waals surface area contributed by atoms with E-state index in [2.05, 4.69) is 20.2 Å². The Morgan fingerprint density at radius 1 is 1.38 bits per heavy atom. The monoisotopic (exact) mass is 306 g/mol. The van der Waals surface area contributed by atoms with Crippen LogP contribution in [-0.4, -0.2) is 29.1 Å². The fourth-order valence-electron chi connectivity index (χ4n) is 2.61. The van der Waals surface area contributed by atoms with Crippen LogP contribution < -0.4 is 10.2 Å². The van der Waals surface area contributed by atoms with Crippen LogP contribution in [0.1, 0.15) is 12.8 Å². The van der Waals surface area contributed by atoms with Crippen molar-refractivity contribution in [2.75, 3.05) is 23.3 Å². The molecule has 0 saturated carbocycles. The summed E-state index contributed by atoms with van der Waals surface area (Å²) in [6, 6.07) is 6.94. The van der Waals surface area contributed by atoms with Crippen molar-refractivity contribution < 1.29 is 4.39 Å². The first-order chi connectivity index (χ1) is 10.2. The van der Waals surface area contributed by atoms with E-state index in [0.29, 0.717) is 10.8 Å². The molecule has 1 N–H and O–H groups in total. The van der Waals surface area contributed by atoms with Gasteiger partial charge in [-0.15, -0.1) is 0 Å². The minimum atomic E-state index is -0.207. The first-order valence-corrected chi connectivity index (χ1v) is 7.33. The van der Waals surface area contributed by atoms with E-state index in [9.17, 15) is 4.39 Å². The normalized spacial score (nSPS) is 18.6. The summed E-state index contributed by atoms with van der Waals surface area (Å²) in [5, 5.41) is 3.86. The first kappa shape index (κ1) is 14.1. The van der Waals surface area contributed by atoms with Gasteiger partial charge in [0.1, 0.15) is 23.0 Å². The molecule has 1 aromatic heterocycles. The Morgan fingerprint density at radius 2 is 2.29 bits per heavy atom. The number of rotatable bonds is 3. The molecule has 0 spiro atoms. The van der Waals surface area contributed by atoms with Crippen LogP contribution in [0.2, 0.25) is 5.02 Å². The molecule has 1 saturated heterocycles. The lowest BCUT2D eigenvalue weighted by atomic mass is 10.0. The van der Waals surface area contributed by atoms with E-state index < -0.39 is 0 Å². The summed E-state index contributed by atoms with van der Waals surface area (Å²) in [6.07, 6.45) is 5.12. The van der Waals surface area contributed by atoms with Gasteiger partial charge in [-0.3, -0.25) is 0 Å². The molecule has 0 radical (unpaired) electrons. The Morgan fingerprint density at radius 3 is 3.10 bits per heavy atom. The number of piperidine rings is 1. The van der Waals surface area contributed by atoms with E-state index in [0.717, 1.165) is 31.6 Å². The van der Waals surface area contributed by atoms with Crippen LogP contribution in [0, 0.1) is 5.82 Å². The van der Waals surface area contributed by atoms with Crippen molar-refractivity contribution in [3.8, 4) is 0 Å². The number of benzene rings is 1. The standard InChI is InChI=1S/C15H16ClFN4/c16-14-8-18-10-19-15(14)20-12-4-2-6-21(9-12)13-5-1-3-11(17)7-13/h1,3,5,7-8,10,12H,2,4,6,9H2,(H,18,19,20). The van der Waals surface area contributed by atoms with E-state index >= 15 is 0 Å². The third kappa shape index (κ3) is 3.42. The fraction of sp³-hybridized carbons (Fsp3) is 0.333. The average molecular weight is 307 g/mol. The van der Waals surface area contributed by atoms with Gasteiger partial charge in [0.25, 0.3) is 0 Å². The van der Waals surface area contributed by atoms with Gasteiger partial charge in [0.05, 0.1) is 6.20 Å². The van der Waals surface area contributed by atoms with Crippen molar-refractivity contribution in [1.82, 2.24) is 9.97 Å². The molecule has 21 heavy (non-hydrogen) atoms. The summed E-state index contributed by atoms with van der Waals surface area (Å²) in [5.41, 5.74) is 0.912. The van der Waals surface area contributed by atoms with Gasteiger partial charge in [-0.1, -0.05) is 17.7 Å². The van der Waals surface area contributed by atoms with Crippen molar-refractivity contribution in [1.29, 1.82) is 0 Å². The highest BCUT2D eigenvalue weighted by Gasteiger charge is 2.21. The van der Waals surface area contributed by atoms with Gasteiger partial charge in [-0.25, -0.2) is 14.4 Å². The van der Waals surface area contributed by atoms with Crippen molar-refractivity contribution in [2.45, 2.75) is 18.9 Å². The number of hydrogen-bond acceptors (Lipinski definition) is 4. The quantitative estimate of drug-likeness (QED) is 0.944. The Bertz CT molecular complexity index is 622. The second-order valence-corrected chi connectivity index (χ2v) is 5.54. The molecule has 1 fully saturated rings. The number of halogens is 2. The number of aromatic nitrogens is 2. The van der Waals surface area contributed by atoms with Gasteiger partial charge in [0.2, 0.25) is 0 Å². The number of nitrogens with one attached hydrogen (secondary N) is 1. The van der Waals surface area contributed by atoms with Crippen LogP contribution >= 0.6 is 11.6 Å². The summed E-state index contributed by atoms with van der Waals surface area (Å²) in [5.74, 6) is 0.444. The highest BCUT2D eigenvalue weighted by molar-refractivity contribution is 6.32. The molecule has 1 atom stereocenters. The lowest BCUT2D eigenvalue weighted by molar-refractivity contribution is 0.527. The SMILES string of the molecule is Fc1cccc(N2CCCC(Nc3ncncc3Cl)C2)c1. The van der Waals surface area contributed by atoms with E-state index in [1.807, 2.05) is 6.07 Å². The molecular formula is C15H16ClFN4. The summed E-state index contributed by atoms with van der Waals surface area (Å²) in [4.78, 5) is 10.2. The molecule has 0 bridgehead atoms. The van der Waals surface area contributed by atoms with Crippen molar-refractivity contribution in [3.05, 3.63) is 47.6 Å². The summed E-state index contributed by atoms with van der Waals surface area (Å²) in [7, 11) is 0. The maximum atomic E-state index is 13.3. The lowest BCUT2D eigenvalue weighted by Crippen LogP contribution is -2.42. The largest absolute Gasteiger partial charge is 0.369 e. The van der Waals surface area contributed by atoms with Crippen LogP contribution in [0.25, 0.3) is 0 Å². The molecule has 4 nitrogen and oxygen atoms in total. The highest BCUT2D eigenvalue weighted by Crippen LogP contribution is 2.24. The predicted octanol–water partition coefficient (Wildman–Crippen LogP) is 3.35.